The lowest BCUT2D eigenvalue weighted by molar-refractivity contribution is -0.116. The van der Waals surface area contributed by atoms with Gasteiger partial charge in [0.05, 0.1) is 18.4 Å². The van der Waals surface area contributed by atoms with E-state index in [4.69, 9.17) is 4.52 Å². The second-order valence-electron chi connectivity index (χ2n) is 6.19. The number of pyridine rings is 1. The van der Waals surface area contributed by atoms with Gasteiger partial charge in [-0.3, -0.25) is 14.5 Å². The molecule has 4 rings (SSSR count). The van der Waals surface area contributed by atoms with E-state index in [0.29, 0.717) is 36.1 Å². The average molecular weight is 374 g/mol. The fourth-order valence-corrected chi connectivity index (χ4v) is 2.68. The molecule has 0 aliphatic carbocycles. The van der Waals surface area contributed by atoms with Crippen LogP contribution >= 0.6 is 0 Å². The maximum atomic E-state index is 12.2. The molecule has 0 fully saturated rings. The third-order valence-electron chi connectivity index (χ3n) is 4.03. The second-order valence-corrected chi connectivity index (χ2v) is 6.19. The topological polar surface area (TPSA) is 98.7 Å². The van der Waals surface area contributed by atoms with Crippen molar-refractivity contribution in [2.45, 2.75) is 19.4 Å². The van der Waals surface area contributed by atoms with Crippen molar-refractivity contribution in [2.24, 2.45) is 0 Å². The average Bonchev–Trinajstić information content (AvgIpc) is 3.38. The highest BCUT2D eigenvalue weighted by Gasteiger charge is 2.12. The Kier molecular flexibility index (Phi) is 5.19. The zero-order valence-corrected chi connectivity index (χ0v) is 15.0. The number of amides is 1. The number of aryl methyl sites for hydroxylation is 1. The van der Waals surface area contributed by atoms with Gasteiger partial charge in [-0.15, -0.1) is 0 Å². The molecule has 0 radical (unpaired) electrons. The Hall–Kier alpha value is -3.81. The lowest BCUT2D eigenvalue weighted by Crippen LogP contribution is -2.12. The maximum absolute atomic E-state index is 12.2. The van der Waals surface area contributed by atoms with E-state index in [1.165, 1.54) is 0 Å². The molecule has 0 unspecified atom stereocenters. The van der Waals surface area contributed by atoms with Gasteiger partial charge < -0.3 is 9.84 Å². The van der Waals surface area contributed by atoms with E-state index in [2.05, 4.69) is 25.5 Å². The molecular weight excluding hydrogens is 356 g/mol. The summed E-state index contributed by atoms with van der Waals surface area (Å²) in [5.41, 5.74) is 2.43. The molecule has 8 nitrogen and oxygen atoms in total. The number of rotatable bonds is 7. The molecular formula is C20H18N6O2. The third kappa shape index (κ3) is 4.47. The number of carbonyl (C=O) groups excluding carboxylic acids is 1. The highest BCUT2D eigenvalue weighted by Crippen LogP contribution is 2.13. The van der Waals surface area contributed by atoms with Gasteiger partial charge in [0.1, 0.15) is 5.69 Å². The Morgan fingerprint density at radius 3 is 2.79 bits per heavy atom. The van der Waals surface area contributed by atoms with Crippen molar-refractivity contribution in [1.82, 2.24) is 24.9 Å². The Morgan fingerprint density at radius 1 is 1.11 bits per heavy atom. The Balaban J connectivity index is 1.29. The van der Waals surface area contributed by atoms with Crippen molar-refractivity contribution in [3.8, 4) is 11.5 Å². The summed E-state index contributed by atoms with van der Waals surface area (Å²) in [4.78, 5) is 20.6. The molecule has 140 valence electrons. The zero-order chi connectivity index (χ0) is 19.2. The number of benzene rings is 1. The minimum absolute atomic E-state index is 0.142. The molecule has 0 atom stereocenters. The molecule has 0 aliphatic heterocycles. The number of anilines is 1. The van der Waals surface area contributed by atoms with Crippen LogP contribution in [0.5, 0.6) is 0 Å². The minimum atomic E-state index is -0.142. The molecule has 0 aliphatic rings. The maximum Gasteiger partial charge on any atom is 0.227 e. The van der Waals surface area contributed by atoms with Crippen molar-refractivity contribution in [3.63, 3.8) is 0 Å². The number of hydrogen-bond donors (Lipinski definition) is 1. The smallest absolute Gasteiger partial charge is 0.227 e. The van der Waals surface area contributed by atoms with Crippen LogP contribution < -0.4 is 5.32 Å². The Labute approximate surface area is 161 Å². The predicted octanol–water partition coefficient (Wildman–Crippen LogP) is 2.95. The number of hydrogen-bond acceptors (Lipinski definition) is 6. The molecule has 3 heterocycles. The molecule has 1 N–H and O–H groups in total. The normalized spacial score (nSPS) is 10.7. The van der Waals surface area contributed by atoms with E-state index in [1.54, 1.807) is 29.3 Å². The molecule has 0 saturated carbocycles. The van der Waals surface area contributed by atoms with E-state index in [0.717, 1.165) is 5.56 Å². The van der Waals surface area contributed by atoms with E-state index in [9.17, 15) is 4.79 Å². The lowest BCUT2D eigenvalue weighted by atomic mass is 10.2. The van der Waals surface area contributed by atoms with E-state index in [-0.39, 0.29) is 12.3 Å². The summed E-state index contributed by atoms with van der Waals surface area (Å²) in [7, 11) is 0. The number of carbonyl (C=O) groups is 1. The van der Waals surface area contributed by atoms with Gasteiger partial charge in [0.2, 0.25) is 17.6 Å². The third-order valence-corrected chi connectivity index (χ3v) is 4.03. The van der Waals surface area contributed by atoms with Crippen molar-refractivity contribution in [3.05, 3.63) is 78.6 Å². The summed E-state index contributed by atoms with van der Waals surface area (Å²) in [6.45, 7) is 0.648. The number of aromatic nitrogens is 5. The summed E-state index contributed by atoms with van der Waals surface area (Å²) < 4.78 is 6.97. The monoisotopic (exact) mass is 374 g/mol. The SMILES string of the molecule is O=C(CCc1nc(-c2ccccn2)no1)Nc1cnn(Cc2ccccc2)c1. The van der Waals surface area contributed by atoms with Gasteiger partial charge in [-0.25, -0.2) is 0 Å². The van der Waals surface area contributed by atoms with Gasteiger partial charge in [0.25, 0.3) is 0 Å². The van der Waals surface area contributed by atoms with Gasteiger partial charge in [0, 0.05) is 25.2 Å². The van der Waals surface area contributed by atoms with Crippen LogP contribution in [0.2, 0.25) is 0 Å². The van der Waals surface area contributed by atoms with Crippen LogP contribution in [0.1, 0.15) is 17.9 Å². The van der Waals surface area contributed by atoms with Crippen LogP contribution in [-0.2, 0) is 17.8 Å². The van der Waals surface area contributed by atoms with Gasteiger partial charge in [-0.2, -0.15) is 10.1 Å². The zero-order valence-electron chi connectivity index (χ0n) is 15.0. The summed E-state index contributed by atoms with van der Waals surface area (Å²) in [6, 6.07) is 15.5. The first-order valence-corrected chi connectivity index (χ1v) is 8.86. The fourth-order valence-electron chi connectivity index (χ4n) is 2.68. The quantitative estimate of drug-likeness (QED) is 0.534. The largest absolute Gasteiger partial charge is 0.339 e. The Bertz CT molecular complexity index is 1040. The van der Waals surface area contributed by atoms with Gasteiger partial charge in [-0.1, -0.05) is 41.6 Å². The molecule has 0 saturated heterocycles. The highest BCUT2D eigenvalue weighted by atomic mass is 16.5. The standard InChI is InChI=1S/C20H18N6O2/c27-18(9-10-19-24-20(25-28-19)17-8-4-5-11-21-17)23-16-12-22-26(14-16)13-15-6-2-1-3-7-15/h1-8,11-12,14H,9-10,13H2,(H,23,27). The van der Waals surface area contributed by atoms with Crippen molar-refractivity contribution in [2.75, 3.05) is 5.32 Å². The first kappa shape index (κ1) is 17.6. The van der Waals surface area contributed by atoms with Gasteiger partial charge >= 0.3 is 0 Å². The molecule has 3 aromatic heterocycles. The second kappa shape index (κ2) is 8.26. The first-order chi connectivity index (χ1) is 13.8. The summed E-state index contributed by atoms with van der Waals surface area (Å²) in [5, 5.41) is 11.0. The van der Waals surface area contributed by atoms with Gasteiger partial charge in [-0.05, 0) is 17.7 Å². The van der Waals surface area contributed by atoms with Crippen molar-refractivity contribution >= 4 is 11.6 Å². The van der Waals surface area contributed by atoms with Crippen molar-refractivity contribution < 1.29 is 9.32 Å². The molecule has 1 amide bonds. The van der Waals surface area contributed by atoms with Crippen LogP contribution in [0.4, 0.5) is 5.69 Å². The molecule has 0 spiro atoms. The highest BCUT2D eigenvalue weighted by molar-refractivity contribution is 5.90. The lowest BCUT2D eigenvalue weighted by Gasteiger charge is -2.02. The van der Waals surface area contributed by atoms with E-state index >= 15 is 0 Å². The summed E-state index contributed by atoms with van der Waals surface area (Å²) in [6.07, 6.45) is 5.68. The molecule has 1 aromatic carbocycles. The van der Waals surface area contributed by atoms with E-state index < -0.39 is 0 Å². The fraction of sp³-hybridized carbons (Fsp3) is 0.150. The molecule has 4 aromatic rings. The van der Waals surface area contributed by atoms with Crippen LogP contribution in [0, 0.1) is 0 Å². The predicted molar refractivity (Wildman–Crippen MR) is 102 cm³/mol. The van der Waals surface area contributed by atoms with Gasteiger partial charge in [0.15, 0.2) is 0 Å². The van der Waals surface area contributed by atoms with E-state index in [1.807, 2.05) is 42.5 Å². The first-order valence-electron chi connectivity index (χ1n) is 8.86. The van der Waals surface area contributed by atoms with Crippen LogP contribution in [-0.4, -0.2) is 30.8 Å². The summed E-state index contributed by atoms with van der Waals surface area (Å²) in [5.74, 6) is 0.672. The number of nitrogens with one attached hydrogen (secondary N) is 1. The number of nitrogens with zero attached hydrogens (tertiary/aromatic N) is 5. The summed E-state index contributed by atoms with van der Waals surface area (Å²) >= 11 is 0. The molecule has 8 heteroatoms. The van der Waals surface area contributed by atoms with Crippen molar-refractivity contribution in [1.29, 1.82) is 0 Å². The van der Waals surface area contributed by atoms with Crippen LogP contribution in [0.3, 0.4) is 0 Å². The molecule has 0 bridgehead atoms. The van der Waals surface area contributed by atoms with Crippen LogP contribution in [0.25, 0.3) is 11.5 Å². The Morgan fingerprint density at radius 2 is 1.96 bits per heavy atom. The minimum Gasteiger partial charge on any atom is -0.339 e. The molecule has 28 heavy (non-hydrogen) atoms. The van der Waals surface area contributed by atoms with Crippen LogP contribution in [0.15, 0.2) is 71.6 Å².